The summed E-state index contributed by atoms with van der Waals surface area (Å²) in [6, 6.07) is 1.14. The standard InChI is InChI=1S/C16H29NO/c1-2-9-16(18)17(14-10-5-3-6-11-14)15-12-7-4-8-13-15/h14-15H,2-13H2,1H3. The molecule has 0 aromatic rings. The Balaban J connectivity index is 2.02. The molecule has 2 rings (SSSR count). The monoisotopic (exact) mass is 251 g/mol. The number of carbonyl (C=O) groups excluding carboxylic acids is 1. The van der Waals surface area contributed by atoms with E-state index in [1.807, 2.05) is 0 Å². The lowest BCUT2D eigenvalue weighted by molar-refractivity contribution is -0.138. The summed E-state index contributed by atoms with van der Waals surface area (Å²) in [4.78, 5) is 14.8. The van der Waals surface area contributed by atoms with Crippen LogP contribution in [0.25, 0.3) is 0 Å². The van der Waals surface area contributed by atoms with E-state index in [9.17, 15) is 4.79 Å². The predicted molar refractivity (Wildman–Crippen MR) is 75.5 cm³/mol. The molecular formula is C16H29NO. The van der Waals surface area contributed by atoms with Gasteiger partial charge in [-0.1, -0.05) is 45.4 Å². The summed E-state index contributed by atoms with van der Waals surface area (Å²) in [5.74, 6) is 0.441. The molecule has 0 N–H and O–H groups in total. The van der Waals surface area contributed by atoms with Gasteiger partial charge in [-0.3, -0.25) is 4.79 Å². The third-order valence-corrected chi connectivity index (χ3v) is 4.69. The average molecular weight is 251 g/mol. The normalized spacial score (nSPS) is 22.9. The second-order valence-corrected chi connectivity index (χ2v) is 6.13. The van der Waals surface area contributed by atoms with E-state index in [0.29, 0.717) is 18.0 Å². The topological polar surface area (TPSA) is 20.3 Å². The van der Waals surface area contributed by atoms with Gasteiger partial charge in [-0.15, -0.1) is 0 Å². The summed E-state index contributed by atoms with van der Waals surface area (Å²) in [6.07, 6.45) is 14.8. The van der Waals surface area contributed by atoms with Crippen LogP contribution in [0, 0.1) is 0 Å². The van der Waals surface area contributed by atoms with Crippen molar-refractivity contribution in [2.24, 2.45) is 0 Å². The van der Waals surface area contributed by atoms with Crippen molar-refractivity contribution in [3.63, 3.8) is 0 Å². The van der Waals surface area contributed by atoms with E-state index in [0.717, 1.165) is 12.8 Å². The highest BCUT2D eigenvalue weighted by molar-refractivity contribution is 5.76. The number of hydrogen-bond acceptors (Lipinski definition) is 1. The molecule has 0 saturated heterocycles. The Bertz CT molecular complexity index is 234. The highest BCUT2D eigenvalue weighted by Crippen LogP contribution is 2.30. The van der Waals surface area contributed by atoms with Crippen molar-refractivity contribution in [1.82, 2.24) is 4.90 Å². The second kappa shape index (κ2) is 7.16. The molecule has 2 aliphatic carbocycles. The fraction of sp³-hybridized carbons (Fsp3) is 0.938. The predicted octanol–water partition coefficient (Wildman–Crippen LogP) is 4.28. The van der Waals surface area contributed by atoms with Crippen LogP contribution in [0.4, 0.5) is 0 Å². The fourth-order valence-corrected chi connectivity index (χ4v) is 3.77. The molecule has 0 heterocycles. The van der Waals surface area contributed by atoms with Crippen molar-refractivity contribution in [3.05, 3.63) is 0 Å². The molecule has 0 radical (unpaired) electrons. The zero-order chi connectivity index (χ0) is 12.8. The van der Waals surface area contributed by atoms with Gasteiger partial charge in [-0.05, 0) is 32.1 Å². The summed E-state index contributed by atoms with van der Waals surface area (Å²) in [5.41, 5.74) is 0. The quantitative estimate of drug-likeness (QED) is 0.730. The van der Waals surface area contributed by atoms with E-state index in [4.69, 9.17) is 0 Å². The van der Waals surface area contributed by atoms with Gasteiger partial charge < -0.3 is 4.90 Å². The van der Waals surface area contributed by atoms with Crippen LogP contribution in [-0.2, 0) is 4.79 Å². The van der Waals surface area contributed by atoms with Crippen LogP contribution < -0.4 is 0 Å². The number of rotatable bonds is 4. The summed E-state index contributed by atoms with van der Waals surface area (Å²) in [7, 11) is 0. The Morgan fingerprint density at radius 2 is 1.33 bits per heavy atom. The summed E-state index contributed by atoms with van der Waals surface area (Å²) in [6.45, 7) is 2.12. The smallest absolute Gasteiger partial charge is 0.223 e. The van der Waals surface area contributed by atoms with Crippen LogP contribution in [0.1, 0.15) is 84.0 Å². The van der Waals surface area contributed by atoms with Gasteiger partial charge in [0.2, 0.25) is 5.91 Å². The van der Waals surface area contributed by atoms with Crippen molar-refractivity contribution < 1.29 is 4.79 Å². The Kier molecular flexibility index (Phi) is 5.52. The third kappa shape index (κ3) is 3.49. The lowest BCUT2D eigenvalue weighted by Gasteiger charge is -2.42. The van der Waals surface area contributed by atoms with Crippen LogP contribution in [0.15, 0.2) is 0 Å². The van der Waals surface area contributed by atoms with E-state index >= 15 is 0 Å². The Morgan fingerprint density at radius 1 is 0.889 bits per heavy atom. The van der Waals surface area contributed by atoms with Crippen LogP contribution in [-0.4, -0.2) is 22.9 Å². The zero-order valence-electron chi connectivity index (χ0n) is 12.0. The number of carbonyl (C=O) groups is 1. The lowest BCUT2D eigenvalue weighted by atomic mass is 9.88. The highest BCUT2D eigenvalue weighted by Gasteiger charge is 2.31. The molecule has 0 unspecified atom stereocenters. The van der Waals surface area contributed by atoms with Gasteiger partial charge >= 0.3 is 0 Å². The van der Waals surface area contributed by atoms with Crippen molar-refractivity contribution in [2.45, 2.75) is 96.1 Å². The molecule has 0 aromatic carbocycles. The van der Waals surface area contributed by atoms with E-state index < -0.39 is 0 Å². The van der Waals surface area contributed by atoms with Crippen molar-refractivity contribution in [3.8, 4) is 0 Å². The maximum Gasteiger partial charge on any atom is 0.223 e. The summed E-state index contributed by atoms with van der Waals surface area (Å²) in [5, 5.41) is 0. The minimum atomic E-state index is 0.441. The molecule has 2 heteroatoms. The van der Waals surface area contributed by atoms with Gasteiger partial charge in [0.25, 0.3) is 0 Å². The Labute approximate surface area is 112 Å². The lowest BCUT2D eigenvalue weighted by Crippen LogP contribution is -2.48. The zero-order valence-corrected chi connectivity index (χ0v) is 12.0. The van der Waals surface area contributed by atoms with Crippen LogP contribution >= 0.6 is 0 Å². The minimum absolute atomic E-state index is 0.441. The molecule has 18 heavy (non-hydrogen) atoms. The molecule has 0 bridgehead atoms. The molecular weight excluding hydrogens is 222 g/mol. The maximum atomic E-state index is 12.5. The van der Waals surface area contributed by atoms with Gasteiger partial charge in [0.1, 0.15) is 0 Å². The first-order valence-corrected chi connectivity index (χ1v) is 8.14. The van der Waals surface area contributed by atoms with Gasteiger partial charge in [0.15, 0.2) is 0 Å². The first kappa shape index (κ1) is 13.9. The van der Waals surface area contributed by atoms with Crippen LogP contribution in [0.3, 0.4) is 0 Å². The van der Waals surface area contributed by atoms with Crippen LogP contribution in [0.2, 0.25) is 0 Å². The van der Waals surface area contributed by atoms with Crippen molar-refractivity contribution in [1.29, 1.82) is 0 Å². The van der Waals surface area contributed by atoms with Crippen LogP contribution in [0.5, 0.6) is 0 Å². The van der Waals surface area contributed by atoms with Gasteiger partial charge in [0.05, 0.1) is 0 Å². The number of amides is 1. The van der Waals surface area contributed by atoms with E-state index in [1.54, 1.807) is 0 Å². The summed E-state index contributed by atoms with van der Waals surface area (Å²) < 4.78 is 0. The molecule has 2 fully saturated rings. The van der Waals surface area contributed by atoms with E-state index in [1.165, 1.54) is 64.2 Å². The Hall–Kier alpha value is -0.530. The highest BCUT2D eigenvalue weighted by atomic mass is 16.2. The molecule has 2 nitrogen and oxygen atoms in total. The minimum Gasteiger partial charge on any atom is -0.337 e. The molecule has 2 aliphatic rings. The first-order valence-electron chi connectivity index (χ1n) is 8.14. The second-order valence-electron chi connectivity index (χ2n) is 6.13. The SMILES string of the molecule is CCCC(=O)N(C1CCCCC1)C1CCCCC1. The fourth-order valence-electron chi connectivity index (χ4n) is 3.77. The summed E-state index contributed by atoms with van der Waals surface area (Å²) >= 11 is 0. The molecule has 1 amide bonds. The van der Waals surface area contributed by atoms with Gasteiger partial charge in [-0.2, -0.15) is 0 Å². The number of nitrogens with zero attached hydrogens (tertiary/aromatic N) is 1. The number of hydrogen-bond donors (Lipinski definition) is 0. The molecule has 104 valence electrons. The van der Waals surface area contributed by atoms with Crippen molar-refractivity contribution >= 4 is 5.91 Å². The Morgan fingerprint density at radius 3 is 1.72 bits per heavy atom. The van der Waals surface area contributed by atoms with E-state index in [-0.39, 0.29) is 0 Å². The van der Waals surface area contributed by atoms with Crippen molar-refractivity contribution in [2.75, 3.05) is 0 Å². The molecule has 0 aromatic heterocycles. The van der Waals surface area contributed by atoms with Gasteiger partial charge in [0, 0.05) is 18.5 Å². The maximum absolute atomic E-state index is 12.5. The molecule has 0 aliphatic heterocycles. The largest absolute Gasteiger partial charge is 0.337 e. The third-order valence-electron chi connectivity index (χ3n) is 4.69. The van der Waals surface area contributed by atoms with E-state index in [2.05, 4.69) is 11.8 Å². The molecule has 0 spiro atoms. The van der Waals surface area contributed by atoms with Gasteiger partial charge in [-0.25, -0.2) is 0 Å². The molecule has 2 saturated carbocycles. The average Bonchev–Trinajstić information content (AvgIpc) is 2.42. The molecule has 0 atom stereocenters. The first-order chi connectivity index (χ1) is 8.83.